The van der Waals surface area contributed by atoms with Crippen molar-refractivity contribution in [3.8, 4) is 0 Å². The molecule has 0 saturated heterocycles. The third-order valence-corrected chi connectivity index (χ3v) is 3.98. The number of hydrogen-bond acceptors (Lipinski definition) is 4. The van der Waals surface area contributed by atoms with Gasteiger partial charge in [0, 0.05) is 17.1 Å². The Bertz CT molecular complexity index is 633. The van der Waals surface area contributed by atoms with Crippen molar-refractivity contribution in [1.29, 1.82) is 0 Å². The number of nitrogens with one attached hydrogen (secondary N) is 2. The van der Waals surface area contributed by atoms with Crippen LogP contribution in [0.15, 0.2) is 29.2 Å². The van der Waals surface area contributed by atoms with Crippen LogP contribution in [0.1, 0.15) is 40.3 Å². The van der Waals surface area contributed by atoms with Crippen LogP contribution in [0.2, 0.25) is 0 Å². The number of aromatic amines is 1. The minimum absolute atomic E-state index is 0.179. The number of carbonyl (C=O) groups excluding carboxylic acids is 1. The van der Waals surface area contributed by atoms with Crippen LogP contribution in [-0.4, -0.2) is 15.9 Å². The van der Waals surface area contributed by atoms with Gasteiger partial charge in [-0.05, 0) is 19.4 Å². The lowest BCUT2D eigenvalue weighted by Gasteiger charge is -2.10. The average Bonchev–Trinajstić information content (AvgIpc) is 2.87. The molecular formula is C13H15N3O2S. The maximum atomic E-state index is 12.0. The molecule has 2 heterocycles. The van der Waals surface area contributed by atoms with E-state index in [2.05, 4.69) is 22.2 Å². The SMILES string of the molecule is CCc1cnc(C(C)NC(=O)c2cccc(=O)[nH]2)s1. The quantitative estimate of drug-likeness (QED) is 0.896. The fourth-order valence-corrected chi connectivity index (χ4v) is 2.46. The van der Waals surface area contributed by atoms with Crippen LogP contribution in [0.25, 0.3) is 0 Å². The van der Waals surface area contributed by atoms with E-state index in [9.17, 15) is 9.59 Å². The number of aromatic nitrogens is 2. The number of nitrogens with zero attached hydrogens (tertiary/aromatic N) is 1. The fraction of sp³-hybridized carbons (Fsp3) is 0.308. The molecule has 0 aromatic carbocycles. The monoisotopic (exact) mass is 277 g/mol. The normalized spacial score (nSPS) is 12.1. The maximum Gasteiger partial charge on any atom is 0.268 e. The van der Waals surface area contributed by atoms with Crippen LogP contribution < -0.4 is 10.9 Å². The van der Waals surface area contributed by atoms with Gasteiger partial charge in [0.25, 0.3) is 5.91 Å². The third-order valence-electron chi connectivity index (χ3n) is 2.65. The molecule has 0 saturated carbocycles. The molecule has 5 nitrogen and oxygen atoms in total. The summed E-state index contributed by atoms with van der Waals surface area (Å²) in [5, 5.41) is 3.68. The van der Waals surface area contributed by atoms with E-state index in [0.29, 0.717) is 0 Å². The van der Waals surface area contributed by atoms with Crippen LogP contribution in [0.3, 0.4) is 0 Å². The van der Waals surface area contributed by atoms with Gasteiger partial charge in [-0.1, -0.05) is 13.0 Å². The Morgan fingerprint density at radius 2 is 2.32 bits per heavy atom. The molecule has 0 aliphatic carbocycles. The zero-order chi connectivity index (χ0) is 13.8. The number of carbonyl (C=O) groups is 1. The standard InChI is InChI=1S/C13H15N3O2S/c1-3-9-7-14-13(19-9)8(2)15-12(18)10-5-4-6-11(17)16-10/h4-8H,3H2,1-2H3,(H,15,18)(H,16,17). The van der Waals surface area contributed by atoms with Crippen molar-refractivity contribution in [2.75, 3.05) is 0 Å². The Morgan fingerprint density at radius 1 is 1.53 bits per heavy atom. The van der Waals surface area contributed by atoms with Gasteiger partial charge in [0.15, 0.2) is 0 Å². The van der Waals surface area contributed by atoms with Gasteiger partial charge >= 0.3 is 0 Å². The first-order valence-corrected chi connectivity index (χ1v) is 6.86. The smallest absolute Gasteiger partial charge is 0.268 e. The highest BCUT2D eigenvalue weighted by Gasteiger charge is 2.14. The molecule has 2 rings (SSSR count). The number of rotatable bonds is 4. The van der Waals surface area contributed by atoms with Gasteiger partial charge < -0.3 is 10.3 Å². The molecule has 0 spiro atoms. The Labute approximate surface area is 114 Å². The molecule has 2 aromatic rings. The molecule has 1 atom stereocenters. The zero-order valence-electron chi connectivity index (χ0n) is 10.8. The highest BCUT2D eigenvalue weighted by molar-refractivity contribution is 7.11. The predicted molar refractivity (Wildman–Crippen MR) is 74.4 cm³/mol. The van der Waals surface area contributed by atoms with Crippen LogP contribution in [0, 0.1) is 0 Å². The van der Waals surface area contributed by atoms with Crippen LogP contribution in [0.4, 0.5) is 0 Å². The van der Waals surface area contributed by atoms with E-state index in [0.717, 1.165) is 11.4 Å². The molecular weight excluding hydrogens is 262 g/mol. The average molecular weight is 277 g/mol. The summed E-state index contributed by atoms with van der Waals surface area (Å²) in [5.41, 5.74) is -0.0329. The van der Waals surface area contributed by atoms with Gasteiger partial charge in [0.05, 0.1) is 6.04 Å². The van der Waals surface area contributed by atoms with E-state index in [-0.39, 0.29) is 23.2 Å². The molecule has 0 bridgehead atoms. The highest BCUT2D eigenvalue weighted by atomic mass is 32.1. The molecule has 100 valence electrons. The van der Waals surface area contributed by atoms with Crippen LogP contribution in [0.5, 0.6) is 0 Å². The van der Waals surface area contributed by atoms with Gasteiger partial charge in [-0.15, -0.1) is 11.3 Å². The molecule has 1 unspecified atom stereocenters. The van der Waals surface area contributed by atoms with Gasteiger partial charge in [0.1, 0.15) is 10.7 Å². The number of hydrogen-bond donors (Lipinski definition) is 2. The van der Waals surface area contributed by atoms with E-state index in [4.69, 9.17) is 0 Å². The summed E-state index contributed by atoms with van der Waals surface area (Å²) in [6, 6.07) is 4.32. The number of aryl methyl sites for hydroxylation is 1. The first-order valence-electron chi connectivity index (χ1n) is 6.05. The Kier molecular flexibility index (Phi) is 4.11. The second kappa shape index (κ2) is 5.79. The second-order valence-electron chi connectivity index (χ2n) is 4.14. The van der Waals surface area contributed by atoms with Crippen LogP contribution in [-0.2, 0) is 6.42 Å². The molecule has 0 aliphatic heterocycles. The summed E-state index contributed by atoms with van der Waals surface area (Å²) in [4.78, 5) is 31.1. The minimum atomic E-state index is -0.307. The van der Waals surface area contributed by atoms with Gasteiger partial charge in [0.2, 0.25) is 5.56 Å². The zero-order valence-corrected chi connectivity index (χ0v) is 11.6. The molecule has 6 heteroatoms. The minimum Gasteiger partial charge on any atom is -0.342 e. The van der Waals surface area contributed by atoms with Crippen molar-refractivity contribution < 1.29 is 4.79 Å². The number of thiazole rings is 1. The van der Waals surface area contributed by atoms with E-state index in [1.807, 2.05) is 13.1 Å². The summed E-state index contributed by atoms with van der Waals surface area (Å²) in [7, 11) is 0. The van der Waals surface area contributed by atoms with E-state index in [1.165, 1.54) is 10.9 Å². The first kappa shape index (κ1) is 13.5. The van der Waals surface area contributed by atoms with Crippen molar-refractivity contribution in [1.82, 2.24) is 15.3 Å². The molecule has 0 aliphatic rings. The second-order valence-corrected chi connectivity index (χ2v) is 5.29. The lowest BCUT2D eigenvalue weighted by Crippen LogP contribution is -2.28. The maximum absolute atomic E-state index is 12.0. The Hall–Kier alpha value is -1.95. The van der Waals surface area contributed by atoms with E-state index in [1.54, 1.807) is 23.5 Å². The Balaban J connectivity index is 2.08. The van der Waals surface area contributed by atoms with Crippen molar-refractivity contribution in [3.63, 3.8) is 0 Å². The topological polar surface area (TPSA) is 74.8 Å². The molecule has 1 amide bonds. The van der Waals surface area contributed by atoms with Gasteiger partial charge in [-0.25, -0.2) is 4.98 Å². The van der Waals surface area contributed by atoms with E-state index < -0.39 is 0 Å². The lowest BCUT2D eigenvalue weighted by molar-refractivity contribution is 0.0934. The van der Waals surface area contributed by atoms with Gasteiger partial charge in [-0.2, -0.15) is 0 Å². The summed E-state index contributed by atoms with van der Waals surface area (Å²) in [6.07, 6.45) is 2.76. The highest BCUT2D eigenvalue weighted by Crippen LogP contribution is 2.20. The van der Waals surface area contributed by atoms with Crippen molar-refractivity contribution in [2.24, 2.45) is 0 Å². The Morgan fingerprint density at radius 3 is 2.95 bits per heavy atom. The first-order chi connectivity index (χ1) is 9.10. The molecule has 19 heavy (non-hydrogen) atoms. The number of H-pyrrole nitrogens is 1. The fourth-order valence-electron chi connectivity index (χ4n) is 1.60. The largest absolute Gasteiger partial charge is 0.342 e. The van der Waals surface area contributed by atoms with Crippen molar-refractivity contribution >= 4 is 17.2 Å². The third kappa shape index (κ3) is 3.29. The molecule has 2 N–H and O–H groups in total. The predicted octanol–water partition coefficient (Wildman–Crippen LogP) is 1.88. The number of amides is 1. The lowest BCUT2D eigenvalue weighted by atomic mass is 10.3. The number of pyridine rings is 1. The van der Waals surface area contributed by atoms with Crippen molar-refractivity contribution in [3.05, 3.63) is 50.3 Å². The van der Waals surface area contributed by atoms with Gasteiger partial charge in [-0.3, -0.25) is 9.59 Å². The summed E-state index contributed by atoms with van der Waals surface area (Å²) < 4.78 is 0. The van der Waals surface area contributed by atoms with Crippen LogP contribution >= 0.6 is 11.3 Å². The van der Waals surface area contributed by atoms with Crippen molar-refractivity contribution in [2.45, 2.75) is 26.3 Å². The summed E-state index contributed by atoms with van der Waals surface area (Å²) >= 11 is 1.58. The summed E-state index contributed by atoms with van der Waals surface area (Å²) in [6.45, 7) is 3.94. The molecule has 0 radical (unpaired) electrons. The molecule has 0 fully saturated rings. The summed E-state index contributed by atoms with van der Waals surface area (Å²) in [5.74, 6) is -0.307. The molecule has 2 aromatic heterocycles. The van der Waals surface area contributed by atoms with E-state index >= 15 is 0 Å².